The van der Waals surface area contributed by atoms with E-state index in [9.17, 15) is 14.7 Å². The van der Waals surface area contributed by atoms with Crippen molar-refractivity contribution >= 4 is 23.6 Å². The van der Waals surface area contributed by atoms with Gasteiger partial charge in [-0.3, -0.25) is 9.69 Å². The highest BCUT2D eigenvalue weighted by Crippen LogP contribution is 2.31. The first kappa shape index (κ1) is 31.5. The Morgan fingerprint density at radius 1 is 1.07 bits per heavy atom. The highest BCUT2D eigenvalue weighted by atomic mass is 32.2. The van der Waals surface area contributed by atoms with Gasteiger partial charge in [0.1, 0.15) is 6.04 Å². The van der Waals surface area contributed by atoms with Crippen LogP contribution in [0.5, 0.6) is 0 Å². The number of ether oxygens (including phenoxy) is 2. The van der Waals surface area contributed by atoms with Gasteiger partial charge in [0.25, 0.3) is 5.91 Å². The largest absolute Gasteiger partial charge is 0.480 e. The lowest BCUT2D eigenvalue weighted by atomic mass is 9.90. The number of hydrogen-bond donors (Lipinski definition) is 2. The number of carbonyl (C=O) groups is 2. The lowest BCUT2D eigenvalue weighted by Gasteiger charge is -2.29. The zero-order valence-corrected chi connectivity index (χ0v) is 25.6. The summed E-state index contributed by atoms with van der Waals surface area (Å²) in [6.45, 7) is 5.15. The average Bonchev–Trinajstić information content (AvgIpc) is 3.35. The third-order valence-electron chi connectivity index (χ3n) is 8.57. The maximum Gasteiger partial charge on any atom is 0.326 e. The average molecular weight is 583 g/mol. The van der Waals surface area contributed by atoms with Crippen LogP contribution in [0.15, 0.2) is 42.5 Å². The molecule has 7 nitrogen and oxygen atoms in total. The number of methoxy groups -OCH3 is 1. The summed E-state index contributed by atoms with van der Waals surface area (Å²) in [7, 11) is 1.75. The maximum absolute atomic E-state index is 13.4. The fourth-order valence-corrected chi connectivity index (χ4v) is 6.69. The van der Waals surface area contributed by atoms with Crippen molar-refractivity contribution in [2.24, 2.45) is 5.92 Å². The number of carboxylic acids is 1. The van der Waals surface area contributed by atoms with Crippen molar-refractivity contribution in [3.05, 3.63) is 59.2 Å². The normalized spacial score (nSPS) is 20.7. The van der Waals surface area contributed by atoms with Gasteiger partial charge in [-0.1, -0.05) is 49.6 Å². The van der Waals surface area contributed by atoms with Gasteiger partial charge < -0.3 is 19.9 Å². The monoisotopic (exact) mass is 582 g/mol. The second-order valence-corrected chi connectivity index (χ2v) is 12.5. The van der Waals surface area contributed by atoms with Crippen LogP contribution in [0.25, 0.3) is 11.1 Å². The summed E-state index contributed by atoms with van der Waals surface area (Å²) in [5, 5.41) is 12.4. The van der Waals surface area contributed by atoms with Gasteiger partial charge in [0.2, 0.25) is 0 Å². The molecule has 3 atom stereocenters. The molecule has 1 saturated heterocycles. The molecule has 2 fully saturated rings. The molecule has 1 aliphatic heterocycles. The van der Waals surface area contributed by atoms with Gasteiger partial charge in [0.05, 0.1) is 18.8 Å². The number of thioether (sulfide) groups is 1. The van der Waals surface area contributed by atoms with Crippen LogP contribution in [0.4, 0.5) is 0 Å². The van der Waals surface area contributed by atoms with E-state index in [4.69, 9.17) is 9.47 Å². The molecule has 224 valence electrons. The van der Waals surface area contributed by atoms with E-state index in [0.29, 0.717) is 30.3 Å². The van der Waals surface area contributed by atoms with E-state index in [1.807, 2.05) is 49.6 Å². The molecule has 2 aromatic rings. The zero-order chi connectivity index (χ0) is 29.2. The molecule has 0 spiro atoms. The Kier molecular flexibility index (Phi) is 12.1. The molecular formula is C33H46N2O5S. The van der Waals surface area contributed by atoms with Crippen LogP contribution >= 0.6 is 11.8 Å². The van der Waals surface area contributed by atoms with Crippen LogP contribution in [0.3, 0.4) is 0 Å². The quantitative estimate of drug-likeness (QED) is 0.292. The summed E-state index contributed by atoms with van der Waals surface area (Å²) < 4.78 is 12.1. The summed E-state index contributed by atoms with van der Waals surface area (Å²) in [5.41, 5.74) is 4.44. The molecule has 0 bridgehead atoms. The van der Waals surface area contributed by atoms with Crippen molar-refractivity contribution in [2.75, 3.05) is 38.9 Å². The number of hydrogen-bond acceptors (Lipinski definition) is 6. The summed E-state index contributed by atoms with van der Waals surface area (Å²) in [5.74, 6) is -0.0410. The van der Waals surface area contributed by atoms with Gasteiger partial charge in [0, 0.05) is 32.4 Å². The number of nitrogens with zero attached hydrogens (tertiary/aromatic N) is 1. The standard InChI is InChI=1S/C33H46N2O5S/c1-23-9-7-8-12-26(23)28-19-25(13-14-27(28)32(36)34-29(33(37)38)16-18-41-3)20-35-17-15-31(30(35)22-39-2)40-21-24-10-5-4-6-11-24/h7-9,12-14,19,24,29-31H,4-6,10-11,15-18,20-22H2,1-3H3,(H,34,36)(H,37,38)/t29-,30?,31?/m0/s1. The maximum atomic E-state index is 13.4. The minimum atomic E-state index is -1.01. The number of aliphatic carboxylic acids is 1. The van der Waals surface area contributed by atoms with Crippen molar-refractivity contribution in [3.63, 3.8) is 0 Å². The predicted octanol–water partition coefficient (Wildman–Crippen LogP) is 5.78. The van der Waals surface area contributed by atoms with Crippen LogP contribution in [-0.2, 0) is 20.8 Å². The van der Waals surface area contributed by atoms with Gasteiger partial charge in [-0.05, 0) is 84.9 Å². The molecule has 2 aliphatic rings. The highest BCUT2D eigenvalue weighted by molar-refractivity contribution is 7.98. The van der Waals surface area contributed by atoms with Crippen molar-refractivity contribution in [2.45, 2.75) is 76.6 Å². The molecule has 41 heavy (non-hydrogen) atoms. The molecule has 2 N–H and O–H groups in total. The second-order valence-electron chi connectivity index (χ2n) is 11.5. The summed E-state index contributed by atoms with van der Waals surface area (Å²) >= 11 is 1.57. The number of rotatable bonds is 14. The minimum Gasteiger partial charge on any atom is -0.480 e. The first-order chi connectivity index (χ1) is 19.9. The summed E-state index contributed by atoms with van der Waals surface area (Å²) in [4.78, 5) is 27.7. The van der Waals surface area contributed by atoms with Crippen LogP contribution < -0.4 is 5.32 Å². The highest BCUT2D eigenvalue weighted by Gasteiger charge is 2.35. The molecule has 1 aliphatic carbocycles. The van der Waals surface area contributed by atoms with E-state index in [2.05, 4.69) is 16.3 Å². The number of carbonyl (C=O) groups excluding carboxylic acids is 1. The third kappa shape index (κ3) is 8.57. The smallest absolute Gasteiger partial charge is 0.326 e. The first-order valence-corrected chi connectivity index (χ1v) is 16.4. The van der Waals surface area contributed by atoms with E-state index in [1.54, 1.807) is 18.9 Å². The minimum absolute atomic E-state index is 0.159. The van der Waals surface area contributed by atoms with Crippen LogP contribution in [0.1, 0.15) is 66.4 Å². The fourth-order valence-electron chi connectivity index (χ4n) is 6.22. The lowest BCUT2D eigenvalue weighted by molar-refractivity contribution is -0.139. The molecule has 1 saturated carbocycles. The summed E-state index contributed by atoms with van der Waals surface area (Å²) in [6.07, 6.45) is 9.98. The van der Waals surface area contributed by atoms with Crippen LogP contribution in [0, 0.1) is 12.8 Å². The molecule has 8 heteroatoms. The molecule has 1 amide bonds. The Bertz CT molecular complexity index is 1150. The zero-order valence-electron chi connectivity index (χ0n) is 24.8. The Morgan fingerprint density at radius 2 is 1.85 bits per heavy atom. The van der Waals surface area contributed by atoms with Gasteiger partial charge >= 0.3 is 5.97 Å². The Balaban J connectivity index is 1.54. The van der Waals surface area contributed by atoms with E-state index in [1.165, 1.54) is 32.1 Å². The number of carboxylic acid groups (broad SMARTS) is 1. The fraction of sp³-hybridized carbons (Fsp3) is 0.576. The second kappa shape index (κ2) is 15.7. The van der Waals surface area contributed by atoms with Crippen molar-refractivity contribution in [3.8, 4) is 11.1 Å². The van der Waals surface area contributed by atoms with Gasteiger partial charge in [-0.25, -0.2) is 4.79 Å². The van der Waals surface area contributed by atoms with E-state index in [0.717, 1.165) is 48.4 Å². The van der Waals surface area contributed by atoms with Gasteiger partial charge in [0.15, 0.2) is 0 Å². The van der Waals surface area contributed by atoms with E-state index in [-0.39, 0.29) is 18.1 Å². The molecule has 0 radical (unpaired) electrons. The number of likely N-dealkylation sites (tertiary alicyclic amines) is 1. The number of nitrogens with one attached hydrogen (secondary N) is 1. The number of aryl methyl sites for hydroxylation is 1. The topological polar surface area (TPSA) is 88.1 Å². The molecule has 2 aromatic carbocycles. The molecule has 4 rings (SSSR count). The van der Waals surface area contributed by atoms with Crippen molar-refractivity contribution < 1.29 is 24.2 Å². The molecule has 1 heterocycles. The molecule has 2 unspecified atom stereocenters. The Hall–Kier alpha value is -2.39. The predicted molar refractivity (Wildman–Crippen MR) is 166 cm³/mol. The molecule has 0 aromatic heterocycles. The number of benzene rings is 2. The Morgan fingerprint density at radius 3 is 2.56 bits per heavy atom. The van der Waals surface area contributed by atoms with Gasteiger partial charge in [-0.15, -0.1) is 0 Å². The number of amides is 1. The van der Waals surface area contributed by atoms with Gasteiger partial charge in [-0.2, -0.15) is 11.8 Å². The van der Waals surface area contributed by atoms with Crippen LogP contribution in [-0.4, -0.2) is 78.9 Å². The summed E-state index contributed by atoms with van der Waals surface area (Å²) in [6, 6.07) is 13.2. The van der Waals surface area contributed by atoms with Crippen molar-refractivity contribution in [1.82, 2.24) is 10.2 Å². The van der Waals surface area contributed by atoms with Crippen LogP contribution in [0.2, 0.25) is 0 Å². The third-order valence-corrected chi connectivity index (χ3v) is 9.21. The lowest BCUT2D eigenvalue weighted by Crippen LogP contribution is -2.41. The first-order valence-electron chi connectivity index (χ1n) is 15.0. The van der Waals surface area contributed by atoms with E-state index < -0.39 is 12.0 Å². The Labute approximate surface area is 249 Å². The molecular weight excluding hydrogens is 536 g/mol. The van der Waals surface area contributed by atoms with E-state index >= 15 is 0 Å². The van der Waals surface area contributed by atoms with Crippen molar-refractivity contribution in [1.29, 1.82) is 0 Å². The SMILES string of the molecule is COCC1C(OCC2CCCCC2)CCN1Cc1ccc(C(=O)N[C@@H](CCSC)C(=O)O)c(-c2ccccc2C)c1.